The third kappa shape index (κ3) is 1.75. The van der Waals surface area contributed by atoms with Gasteiger partial charge in [-0.3, -0.25) is 4.79 Å². The maximum absolute atomic E-state index is 12.2. The standard InChI is InChI=1S/C14H18N2O/c15-6-5-11-3-1-2-4-13(11)16-9-10-7-12(8-10)14(16)17/h1-4,10,12H,5-9,15H2. The van der Waals surface area contributed by atoms with Crippen molar-refractivity contribution in [2.75, 3.05) is 18.0 Å². The van der Waals surface area contributed by atoms with E-state index in [-0.39, 0.29) is 0 Å². The van der Waals surface area contributed by atoms with Crippen molar-refractivity contribution in [2.24, 2.45) is 17.6 Å². The van der Waals surface area contributed by atoms with Crippen molar-refractivity contribution < 1.29 is 4.79 Å². The largest absolute Gasteiger partial charge is 0.330 e. The van der Waals surface area contributed by atoms with Crippen LogP contribution in [0.1, 0.15) is 18.4 Å². The Hall–Kier alpha value is -1.35. The Morgan fingerprint density at radius 1 is 1.29 bits per heavy atom. The number of carbonyl (C=O) groups is 1. The molecule has 90 valence electrons. The van der Waals surface area contributed by atoms with Gasteiger partial charge in [-0.05, 0) is 43.4 Å². The minimum absolute atomic E-state index is 0.291. The molecule has 1 saturated carbocycles. The molecule has 2 saturated heterocycles. The fraction of sp³-hybridized carbons (Fsp3) is 0.500. The molecule has 17 heavy (non-hydrogen) atoms. The second-order valence-electron chi connectivity index (χ2n) is 5.15. The molecule has 3 heteroatoms. The smallest absolute Gasteiger partial charge is 0.230 e. The van der Waals surface area contributed by atoms with Crippen LogP contribution in [0, 0.1) is 11.8 Å². The van der Waals surface area contributed by atoms with Crippen LogP contribution >= 0.6 is 0 Å². The lowest BCUT2D eigenvalue weighted by Gasteiger charge is -2.46. The molecule has 1 amide bonds. The summed E-state index contributed by atoms with van der Waals surface area (Å²) < 4.78 is 0. The Balaban J connectivity index is 1.90. The zero-order valence-electron chi connectivity index (χ0n) is 9.93. The van der Waals surface area contributed by atoms with Crippen LogP contribution in [-0.4, -0.2) is 19.0 Å². The summed E-state index contributed by atoms with van der Waals surface area (Å²) >= 11 is 0. The Labute approximate surface area is 102 Å². The lowest BCUT2D eigenvalue weighted by molar-refractivity contribution is -0.129. The molecule has 2 aliphatic heterocycles. The average molecular weight is 230 g/mol. The van der Waals surface area contributed by atoms with Crippen LogP contribution in [-0.2, 0) is 11.2 Å². The van der Waals surface area contributed by atoms with Crippen molar-refractivity contribution in [3.05, 3.63) is 29.8 Å². The fourth-order valence-corrected chi connectivity index (χ4v) is 3.01. The number of carbonyl (C=O) groups excluding carboxylic acids is 1. The minimum atomic E-state index is 0.291. The number of hydrogen-bond donors (Lipinski definition) is 1. The number of benzene rings is 1. The van der Waals surface area contributed by atoms with Crippen LogP contribution in [0.25, 0.3) is 0 Å². The van der Waals surface area contributed by atoms with E-state index in [1.165, 1.54) is 5.56 Å². The SMILES string of the molecule is NCCc1ccccc1N1CC2CC(C2)C1=O. The molecule has 2 bridgehead atoms. The van der Waals surface area contributed by atoms with Crippen LogP contribution in [0.4, 0.5) is 5.69 Å². The molecule has 1 aromatic rings. The van der Waals surface area contributed by atoms with Gasteiger partial charge in [0.2, 0.25) is 5.91 Å². The lowest BCUT2D eigenvalue weighted by Crippen LogP contribution is -2.53. The molecule has 2 N–H and O–H groups in total. The van der Waals surface area contributed by atoms with E-state index in [2.05, 4.69) is 6.07 Å². The number of anilines is 1. The molecule has 2 heterocycles. The van der Waals surface area contributed by atoms with Crippen LogP contribution in [0.5, 0.6) is 0 Å². The normalized spacial score (nSPS) is 26.9. The molecule has 0 unspecified atom stereocenters. The number of amides is 1. The molecule has 1 aromatic carbocycles. The van der Waals surface area contributed by atoms with Gasteiger partial charge < -0.3 is 10.6 Å². The van der Waals surface area contributed by atoms with Crippen LogP contribution in [0.15, 0.2) is 24.3 Å². The number of piperidine rings is 2. The summed E-state index contributed by atoms with van der Waals surface area (Å²) in [5.74, 6) is 1.33. The summed E-state index contributed by atoms with van der Waals surface area (Å²) in [6.45, 7) is 1.53. The summed E-state index contributed by atoms with van der Waals surface area (Å²) in [6, 6.07) is 8.15. The van der Waals surface area contributed by atoms with Gasteiger partial charge in [-0.25, -0.2) is 0 Å². The van der Waals surface area contributed by atoms with E-state index < -0.39 is 0 Å². The quantitative estimate of drug-likeness (QED) is 0.856. The summed E-state index contributed by atoms with van der Waals surface area (Å²) in [4.78, 5) is 14.2. The molecule has 3 nitrogen and oxygen atoms in total. The number of rotatable bonds is 3. The highest BCUT2D eigenvalue weighted by Gasteiger charge is 2.44. The maximum Gasteiger partial charge on any atom is 0.230 e. The van der Waals surface area contributed by atoms with Gasteiger partial charge in [-0.15, -0.1) is 0 Å². The zero-order chi connectivity index (χ0) is 11.8. The summed E-state index contributed by atoms with van der Waals surface area (Å²) in [5, 5.41) is 0. The summed E-state index contributed by atoms with van der Waals surface area (Å²) in [5.41, 5.74) is 7.91. The third-order valence-corrected chi connectivity index (χ3v) is 3.99. The van der Waals surface area contributed by atoms with Crippen molar-refractivity contribution in [3.63, 3.8) is 0 Å². The molecule has 3 fully saturated rings. The van der Waals surface area contributed by atoms with Gasteiger partial charge in [0.05, 0.1) is 0 Å². The Morgan fingerprint density at radius 2 is 2.06 bits per heavy atom. The highest BCUT2D eigenvalue weighted by Crippen LogP contribution is 2.42. The average Bonchev–Trinajstić information content (AvgIpc) is 2.29. The first-order valence-electron chi connectivity index (χ1n) is 6.39. The van der Waals surface area contributed by atoms with E-state index in [1.807, 2.05) is 23.1 Å². The third-order valence-electron chi connectivity index (χ3n) is 3.99. The van der Waals surface area contributed by atoms with E-state index in [4.69, 9.17) is 5.73 Å². The number of para-hydroxylation sites is 1. The van der Waals surface area contributed by atoms with Gasteiger partial charge in [-0.2, -0.15) is 0 Å². The summed E-state index contributed by atoms with van der Waals surface area (Å²) in [6.07, 6.45) is 3.05. The van der Waals surface area contributed by atoms with E-state index in [0.717, 1.165) is 37.4 Å². The van der Waals surface area contributed by atoms with Crippen molar-refractivity contribution in [1.82, 2.24) is 0 Å². The molecular weight excluding hydrogens is 212 g/mol. The van der Waals surface area contributed by atoms with E-state index in [1.54, 1.807) is 0 Å². The monoisotopic (exact) mass is 230 g/mol. The molecular formula is C14H18N2O. The van der Waals surface area contributed by atoms with Gasteiger partial charge in [0.25, 0.3) is 0 Å². The van der Waals surface area contributed by atoms with Crippen molar-refractivity contribution in [1.29, 1.82) is 0 Å². The van der Waals surface area contributed by atoms with Gasteiger partial charge in [0, 0.05) is 18.2 Å². The van der Waals surface area contributed by atoms with Crippen molar-refractivity contribution in [2.45, 2.75) is 19.3 Å². The minimum Gasteiger partial charge on any atom is -0.330 e. The number of fused-ring (bicyclic) bond motifs is 2. The Kier molecular flexibility index (Phi) is 2.63. The molecule has 4 rings (SSSR count). The molecule has 1 aliphatic carbocycles. The molecule has 0 spiro atoms. The van der Waals surface area contributed by atoms with Crippen LogP contribution < -0.4 is 10.6 Å². The van der Waals surface area contributed by atoms with Crippen molar-refractivity contribution in [3.8, 4) is 0 Å². The lowest BCUT2D eigenvalue weighted by atomic mass is 9.70. The fourth-order valence-electron chi connectivity index (χ4n) is 3.01. The van der Waals surface area contributed by atoms with E-state index >= 15 is 0 Å². The topological polar surface area (TPSA) is 46.3 Å². The summed E-state index contributed by atoms with van der Waals surface area (Å²) in [7, 11) is 0. The molecule has 0 radical (unpaired) electrons. The molecule has 0 aromatic heterocycles. The van der Waals surface area contributed by atoms with E-state index in [9.17, 15) is 4.79 Å². The van der Waals surface area contributed by atoms with E-state index in [0.29, 0.717) is 18.4 Å². The van der Waals surface area contributed by atoms with Gasteiger partial charge in [0.15, 0.2) is 0 Å². The predicted octanol–water partition coefficient (Wildman–Crippen LogP) is 1.56. The number of hydrogen-bond acceptors (Lipinski definition) is 2. The Morgan fingerprint density at radius 3 is 2.76 bits per heavy atom. The number of nitrogens with zero attached hydrogens (tertiary/aromatic N) is 1. The molecule has 0 atom stereocenters. The zero-order valence-corrected chi connectivity index (χ0v) is 9.93. The first kappa shape index (κ1) is 10.8. The van der Waals surface area contributed by atoms with Crippen molar-refractivity contribution >= 4 is 11.6 Å². The first-order chi connectivity index (χ1) is 8.29. The second kappa shape index (κ2) is 4.15. The van der Waals surface area contributed by atoms with Crippen LogP contribution in [0.3, 0.4) is 0 Å². The second-order valence-corrected chi connectivity index (χ2v) is 5.15. The van der Waals surface area contributed by atoms with Crippen LogP contribution in [0.2, 0.25) is 0 Å². The van der Waals surface area contributed by atoms with Gasteiger partial charge >= 0.3 is 0 Å². The molecule has 3 aliphatic rings. The Bertz CT molecular complexity index is 438. The number of nitrogens with two attached hydrogens (primary N) is 1. The van der Waals surface area contributed by atoms with Gasteiger partial charge in [0.1, 0.15) is 0 Å². The maximum atomic E-state index is 12.2. The predicted molar refractivity (Wildman–Crippen MR) is 67.8 cm³/mol. The first-order valence-corrected chi connectivity index (χ1v) is 6.39. The highest BCUT2D eigenvalue weighted by atomic mass is 16.2. The van der Waals surface area contributed by atoms with Gasteiger partial charge in [-0.1, -0.05) is 18.2 Å². The highest BCUT2D eigenvalue weighted by molar-refractivity contribution is 5.97.